The van der Waals surface area contributed by atoms with E-state index in [1.165, 1.54) is 0 Å². The van der Waals surface area contributed by atoms with Crippen molar-refractivity contribution in [3.63, 3.8) is 0 Å². The summed E-state index contributed by atoms with van der Waals surface area (Å²) in [6.07, 6.45) is 2.14. The summed E-state index contributed by atoms with van der Waals surface area (Å²) in [5.41, 5.74) is 0. The molecule has 0 rings (SSSR count). The van der Waals surface area contributed by atoms with E-state index in [0.717, 1.165) is 19.4 Å². The van der Waals surface area contributed by atoms with Crippen LogP contribution < -0.4 is 0 Å². The zero-order valence-electron chi connectivity index (χ0n) is 9.88. The molecule has 84 valence electrons. The molecule has 0 aromatic heterocycles. The molecule has 0 aliphatic carbocycles. The Morgan fingerprint density at radius 2 is 2.00 bits per heavy atom. The van der Waals surface area contributed by atoms with Crippen molar-refractivity contribution in [3.05, 3.63) is 0 Å². The Hall–Kier alpha value is -0.570. The van der Waals surface area contributed by atoms with Gasteiger partial charge in [-0.2, -0.15) is 0 Å². The number of ether oxygens (including phenoxy) is 1. The first-order valence-electron chi connectivity index (χ1n) is 5.55. The second-order valence-electron chi connectivity index (χ2n) is 3.53. The average Bonchev–Trinajstić information content (AvgIpc) is 2.16. The van der Waals surface area contributed by atoms with Gasteiger partial charge in [0.25, 0.3) is 0 Å². The molecule has 1 atom stereocenters. The van der Waals surface area contributed by atoms with Crippen molar-refractivity contribution in [3.8, 4) is 0 Å². The normalized spacial score (nSPS) is 12.9. The minimum absolute atomic E-state index is 0.110. The summed E-state index contributed by atoms with van der Waals surface area (Å²) in [7, 11) is 0. The average molecular weight is 201 g/mol. The van der Waals surface area contributed by atoms with Gasteiger partial charge in [0, 0.05) is 6.04 Å². The monoisotopic (exact) mass is 201 g/mol. The Labute approximate surface area is 87.4 Å². The van der Waals surface area contributed by atoms with E-state index in [0.29, 0.717) is 19.2 Å². The van der Waals surface area contributed by atoms with Crippen molar-refractivity contribution in [1.29, 1.82) is 0 Å². The number of hydrogen-bond donors (Lipinski definition) is 0. The van der Waals surface area contributed by atoms with Crippen molar-refractivity contribution >= 4 is 5.97 Å². The lowest BCUT2D eigenvalue weighted by molar-refractivity contribution is -0.145. The highest BCUT2D eigenvalue weighted by atomic mass is 16.5. The molecule has 0 saturated heterocycles. The molecule has 0 aromatic carbocycles. The van der Waals surface area contributed by atoms with Gasteiger partial charge in [-0.25, -0.2) is 0 Å². The van der Waals surface area contributed by atoms with E-state index in [9.17, 15) is 4.79 Å². The van der Waals surface area contributed by atoms with Gasteiger partial charge in [-0.1, -0.05) is 13.8 Å². The molecular weight excluding hydrogens is 178 g/mol. The van der Waals surface area contributed by atoms with Crippen molar-refractivity contribution in [2.24, 2.45) is 0 Å². The fraction of sp³-hybridized carbons (Fsp3) is 0.909. The molecule has 0 heterocycles. The highest BCUT2D eigenvalue weighted by Gasteiger charge is 2.15. The maximum absolute atomic E-state index is 11.3. The standard InChI is InChI=1S/C11H23NO2/c1-5-8-12(10(4)6-2)9-11(13)14-7-3/h10H,5-9H2,1-4H3. The summed E-state index contributed by atoms with van der Waals surface area (Å²) in [4.78, 5) is 13.5. The lowest BCUT2D eigenvalue weighted by Gasteiger charge is -2.26. The summed E-state index contributed by atoms with van der Waals surface area (Å²) < 4.78 is 4.93. The Morgan fingerprint density at radius 1 is 1.36 bits per heavy atom. The lowest BCUT2D eigenvalue weighted by Crippen LogP contribution is -2.38. The van der Waals surface area contributed by atoms with Crippen molar-refractivity contribution in [1.82, 2.24) is 4.90 Å². The van der Waals surface area contributed by atoms with Crippen LogP contribution in [0.15, 0.2) is 0 Å². The largest absolute Gasteiger partial charge is 0.465 e. The lowest BCUT2D eigenvalue weighted by atomic mass is 10.2. The first kappa shape index (κ1) is 13.4. The number of carbonyl (C=O) groups is 1. The van der Waals surface area contributed by atoms with E-state index in [2.05, 4.69) is 25.7 Å². The molecule has 0 aliphatic heterocycles. The Bertz CT molecular complexity index is 159. The zero-order valence-corrected chi connectivity index (χ0v) is 9.88. The number of carbonyl (C=O) groups excluding carboxylic acids is 1. The molecule has 0 spiro atoms. The summed E-state index contributed by atoms with van der Waals surface area (Å²) in [5, 5.41) is 0. The van der Waals surface area contributed by atoms with Crippen LogP contribution in [-0.2, 0) is 9.53 Å². The van der Waals surface area contributed by atoms with Gasteiger partial charge in [-0.05, 0) is 33.2 Å². The molecule has 0 saturated carbocycles. The van der Waals surface area contributed by atoms with Crippen LogP contribution in [0.1, 0.15) is 40.5 Å². The predicted molar refractivity (Wildman–Crippen MR) is 58.3 cm³/mol. The first-order chi connectivity index (χ1) is 6.65. The van der Waals surface area contributed by atoms with Gasteiger partial charge in [0.05, 0.1) is 13.2 Å². The van der Waals surface area contributed by atoms with Gasteiger partial charge in [0.15, 0.2) is 0 Å². The maximum Gasteiger partial charge on any atom is 0.320 e. The molecule has 3 nitrogen and oxygen atoms in total. The third-order valence-corrected chi connectivity index (χ3v) is 2.36. The summed E-state index contributed by atoms with van der Waals surface area (Å²) in [5.74, 6) is -0.110. The first-order valence-corrected chi connectivity index (χ1v) is 5.55. The smallest absolute Gasteiger partial charge is 0.320 e. The summed E-state index contributed by atoms with van der Waals surface area (Å²) in [6, 6.07) is 0.458. The number of hydrogen-bond acceptors (Lipinski definition) is 3. The molecule has 0 amide bonds. The van der Waals surface area contributed by atoms with Gasteiger partial charge in [0.2, 0.25) is 0 Å². The van der Waals surface area contributed by atoms with Gasteiger partial charge < -0.3 is 4.74 Å². The van der Waals surface area contributed by atoms with Gasteiger partial charge >= 0.3 is 5.97 Å². The number of rotatable bonds is 7. The van der Waals surface area contributed by atoms with Crippen LogP contribution in [0.3, 0.4) is 0 Å². The van der Waals surface area contributed by atoms with Crippen LogP contribution >= 0.6 is 0 Å². The minimum Gasteiger partial charge on any atom is -0.465 e. The fourth-order valence-corrected chi connectivity index (χ4v) is 1.37. The predicted octanol–water partition coefficient (Wildman–Crippen LogP) is 2.06. The Balaban J connectivity index is 4.01. The van der Waals surface area contributed by atoms with Crippen molar-refractivity contribution < 1.29 is 9.53 Å². The molecule has 0 fully saturated rings. The highest BCUT2D eigenvalue weighted by molar-refractivity contribution is 5.71. The molecule has 0 aromatic rings. The molecular formula is C11H23NO2. The van der Waals surface area contributed by atoms with Crippen LogP contribution in [0.25, 0.3) is 0 Å². The molecule has 1 unspecified atom stereocenters. The van der Waals surface area contributed by atoms with Crippen LogP contribution in [0, 0.1) is 0 Å². The van der Waals surface area contributed by atoms with Gasteiger partial charge in [-0.3, -0.25) is 9.69 Å². The SMILES string of the molecule is CCCN(CC(=O)OCC)C(C)CC. The topological polar surface area (TPSA) is 29.5 Å². The number of esters is 1. The summed E-state index contributed by atoms with van der Waals surface area (Å²) in [6.45, 7) is 10.1. The van der Waals surface area contributed by atoms with E-state index in [4.69, 9.17) is 4.74 Å². The minimum atomic E-state index is -0.110. The van der Waals surface area contributed by atoms with E-state index in [1.54, 1.807) is 0 Å². The number of nitrogens with zero attached hydrogens (tertiary/aromatic N) is 1. The third-order valence-electron chi connectivity index (χ3n) is 2.36. The second kappa shape index (κ2) is 7.80. The second-order valence-corrected chi connectivity index (χ2v) is 3.53. The van der Waals surface area contributed by atoms with Crippen molar-refractivity contribution in [2.75, 3.05) is 19.7 Å². The van der Waals surface area contributed by atoms with E-state index in [1.807, 2.05) is 6.92 Å². The van der Waals surface area contributed by atoms with Crippen LogP contribution in [0.2, 0.25) is 0 Å². The van der Waals surface area contributed by atoms with Crippen LogP contribution in [0.4, 0.5) is 0 Å². The van der Waals surface area contributed by atoms with Crippen LogP contribution in [-0.4, -0.2) is 36.6 Å². The third kappa shape index (κ3) is 5.22. The maximum atomic E-state index is 11.3. The molecule has 0 aliphatic rings. The van der Waals surface area contributed by atoms with E-state index >= 15 is 0 Å². The van der Waals surface area contributed by atoms with Gasteiger partial charge in [-0.15, -0.1) is 0 Å². The molecule has 3 heteroatoms. The zero-order chi connectivity index (χ0) is 11.0. The quantitative estimate of drug-likeness (QED) is 0.590. The van der Waals surface area contributed by atoms with Crippen LogP contribution in [0.5, 0.6) is 0 Å². The molecule has 14 heavy (non-hydrogen) atoms. The fourth-order valence-electron chi connectivity index (χ4n) is 1.37. The van der Waals surface area contributed by atoms with E-state index in [-0.39, 0.29) is 5.97 Å². The molecule has 0 radical (unpaired) electrons. The Morgan fingerprint density at radius 3 is 2.43 bits per heavy atom. The van der Waals surface area contributed by atoms with Gasteiger partial charge in [0.1, 0.15) is 0 Å². The molecule has 0 bridgehead atoms. The highest BCUT2D eigenvalue weighted by Crippen LogP contribution is 2.04. The summed E-state index contributed by atoms with van der Waals surface area (Å²) >= 11 is 0. The Kier molecular flexibility index (Phi) is 7.48. The van der Waals surface area contributed by atoms with Crippen molar-refractivity contribution in [2.45, 2.75) is 46.6 Å². The van der Waals surface area contributed by atoms with E-state index < -0.39 is 0 Å². The molecule has 0 N–H and O–H groups in total.